The summed E-state index contributed by atoms with van der Waals surface area (Å²) in [5, 5.41) is 4.30. The summed E-state index contributed by atoms with van der Waals surface area (Å²) >= 11 is 0.913. The highest BCUT2D eigenvalue weighted by molar-refractivity contribution is 8.14. The first-order chi connectivity index (χ1) is 9.99. The van der Waals surface area contributed by atoms with Gasteiger partial charge in [0, 0.05) is 27.3 Å². The molecular weight excluding hydrogens is 302 g/mol. The number of hydrogen-bond acceptors (Lipinski definition) is 7. The minimum absolute atomic E-state index is 0.0161. The van der Waals surface area contributed by atoms with Crippen molar-refractivity contribution in [2.24, 2.45) is 0 Å². The van der Waals surface area contributed by atoms with E-state index in [0.29, 0.717) is 0 Å². The summed E-state index contributed by atoms with van der Waals surface area (Å²) in [4.78, 5) is 46.5. The molecule has 1 heterocycles. The molecule has 0 radical (unpaired) electrons. The molecule has 1 aliphatic rings. The Morgan fingerprint density at radius 2 is 1.86 bits per heavy atom. The zero-order valence-electron chi connectivity index (χ0n) is 11.7. The van der Waals surface area contributed by atoms with Gasteiger partial charge in [-0.3, -0.25) is 24.1 Å². The van der Waals surface area contributed by atoms with Crippen LogP contribution in [-0.2, 0) is 23.9 Å². The summed E-state index contributed by atoms with van der Waals surface area (Å²) in [5.41, 5.74) is 0. The van der Waals surface area contributed by atoms with Crippen molar-refractivity contribution in [2.45, 2.75) is 6.29 Å². The quantitative estimate of drug-likeness (QED) is 0.435. The van der Waals surface area contributed by atoms with Gasteiger partial charge in [-0.05, 0) is 0 Å². The van der Waals surface area contributed by atoms with E-state index in [-0.39, 0.29) is 36.5 Å². The summed E-state index contributed by atoms with van der Waals surface area (Å²) < 4.78 is 9.70. The van der Waals surface area contributed by atoms with E-state index in [0.717, 1.165) is 16.7 Å². The second-order valence-corrected chi connectivity index (χ2v) is 4.89. The molecule has 4 amide bonds. The molecule has 10 heteroatoms. The number of imide groups is 1. The van der Waals surface area contributed by atoms with Crippen molar-refractivity contribution in [1.29, 1.82) is 0 Å². The number of nitrogens with one attached hydrogen (secondary N) is 2. The van der Waals surface area contributed by atoms with Gasteiger partial charge in [0.05, 0.1) is 12.3 Å². The Morgan fingerprint density at radius 1 is 1.24 bits per heavy atom. The van der Waals surface area contributed by atoms with E-state index in [2.05, 4.69) is 10.6 Å². The van der Waals surface area contributed by atoms with Crippen molar-refractivity contribution in [3.63, 3.8) is 0 Å². The van der Waals surface area contributed by atoms with Crippen LogP contribution in [0.25, 0.3) is 0 Å². The monoisotopic (exact) mass is 319 g/mol. The van der Waals surface area contributed by atoms with Crippen molar-refractivity contribution in [3.05, 3.63) is 0 Å². The first-order valence-electron chi connectivity index (χ1n) is 6.08. The molecule has 0 bridgehead atoms. The van der Waals surface area contributed by atoms with Crippen LogP contribution in [0.3, 0.4) is 0 Å². The number of nitrogens with zero attached hydrogens (tertiary/aromatic N) is 1. The van der Waals surface area contributed by atoms with Gasteiger partial charge in [-0.2, -0.15) is 0 Å². The number of carbonyl (C=O) groups is 4. The predicted octanol–water partition coefficient (Wildman–Crippen LogP) is -1.47. The van der Waals surface area contributed by atoms with Gasteiger partial charge in [-0.25, -0.2) is 0 Å². The van der Waals surface area contributed by atoms with E-state index in [1.807, 2.05) is 0 Å². The highest BCUT2D eigenvalue weighted by Gasteiger charge is 2.29. The van der Waals surface area contributed by atoms with Crippen LogP contribution in [0, 0.1) is 0 Å². The van der Waals surface area contributed by atoms with E-state index in [4.69, 9.17) is 9.47 Å². The molecule has 1 fully saturated rings. The molecule has 2 N–H and O–H groups in total. The van der Waals surface area contributed by atoms with Crippen LogP contribution in [-0.4, -0.2) is 73.8 Å². The molecule has 0 saturated carbocycles. The van der Waals surface area contributed by atoms with Gasteiger partial charge in [0.1, 0.15) is 0 Å². The Hall–Kier alpha value is -1.65. The normalized spacial score (nSPS) is 14.7. The van der Waals surface area contributed by atoms with Crippen molar-refractivity contribution >= 4 is 34.7 Å². The Balaban J connectivity index is 2.25. The maximum absolute atomic E-state index is 11.5. The first-order valence-corrected chi connectivity index (χ1v) is 7.07. The predicted molar refractivity (Wildman–Crippen MR) is 73.4 cm³/mol. The number of ether oxygens (including phenoxy) is 2. The second kappa shape index (κ2) is 8.60. The lowest BCUT2D eigenvalue weighted by molar-refractivity contribution is -0.141. The number of thioether (sulfide) groups is 1. The molecule has 0 aromatic rings. The van der Waals surface area contributed by atoms with Gasteiger partial charge in [0.15, 0.2) is 6.29 Å². The Labute approximate surface area is 125 Å². The topological polar surface area (TPSA) is 114 Å². The average molecular weight is 319 g/mol. The zero-order chi connectivity index (χ0) is 15.8. The Morgan fingerprint density at radius 3 is 2.38 bits per heavy atom. The lowest BCUT2D eigenvalue weighted by atomic mass is 10.4. The molecule has 9 nitrogen and oxygen atoms in total. The molecule has 0 aromatic heterocycles. The lowest BCUT2D eigenvalue weighted by Gasteiger charge is -2.15. The van der Waals surface area contributed by atoms with Crippen LogP contribution in [0.2, 0.25) is 0 Å². The van der Waals surface area contributed by atoms with Gasteiger partial charge >= 0.3 is 11.8 Å². The summed E-state index contributed by atoms with van der Waals surface area (Å²) in [6, 6.07) is 0. The van der Waals surface area contributed by atoms with Crippen molar-refractivity contribution in [2.75, 3.05) is 39.6 Å². The molecule has 1 aliphatic heterocycles. The van der Waals surface area contributed by atoms with E-state index in [9.17, 15) is 19.2 Å². The molecule has 0 spiro atoms. The van der Waals surface area contributed by atoms with Crippen LogP contribution in [0.5, 0.6) is 0 Å². The summed E-state index contributed by atoms with van der Waals surface area (Å²) in [7, 11) is 2.81. The minimum Gasteiger partial charge on any atom is -0.354 e. The van der Waals surface area contributed by atoms with E-state index in [1.165, 1.54) is 14.2 Å². The van der Waals surface area contributed by atoms with E-state index < -0.39 is 18.1 Å². The minimum atomic E-state index is -0.854. The standard InChI is InChI=1S/C11H17N3O6S/c1-19-8(20-2)5-13-10(17)9(16)12-3-4-14-7(15)6-21-11(14)18/h8H,3-6H2,1-2H3,(H,12,16)(H,13,17). The van der Waals surface area contributed by atoms with Crippen LogP contribution < -0.4 is 10.6 Å². The number of hydrogen-bond donors (Lipinski definition) is 2. The largest absolute Gasteiger partial charge is 0.354 e. The van der Waals surface area contributed by atoms with Crippen LogP contribution in [0.15, 0.2) is 0 Å². The fourth-order valence-corrected chi connectivity index (χ4v) is 2.23. The fourth-order valence-electron chi connectivity index (χ4n) is 1.48. The Bertz CT molecular complexity index is 410. The van der Waals surface area contributed by atoms with Crippen molar-refractivity contribution in [3.8, 4) is 0 Å². The molecule has 118 valence electrons. The maximum atomic E-state index is 11.5. The maximum Gasteiger partial charge on any atom is 0.309 e. The molecule has 0 unspecified atom stereocenters. The fraction of sp³-hybridized carbons (Fsp3) is 0.636. The Kier molecular flexibility index (Phi) is 7.12. The number of carbonyl (C=O) groups excluding carboxylic acids is 4. The third kappa shape index (κ3) is 5.33. The molecular formula is C11H17N3O6S. The highest BCUT2D eigenvalue weighted by Crippen LogP contribution is 2.17. The molecule has 1 saturated heterocycles. The first kappa shape index (κ1) is 17.4. The molecule has 21 heavy (non-hydrogen) atoms. The number of methoxy groups -OCH3 is 2. The van der Waals surface area contributed by atoms with Gasteiger partial charge < -0.3 is 20.1 Å². The van der Waals surface area contributed by atoms with E-state index >= 15 is 0 Å². The van der Waals surface area contributed by atoms with Crippen LogP contribution in [0.4, 0.5) is 4.79 Å². The van der Waals surface area contributed by atoms with Gasteiger partial charge in [0.25, 0.3) is 5.24 Å². The SMILES string of the molecule is COC(CNC(=O)C(=O)NCCN1C(=O)CSC1=O)OC. The van der Waals surface area contributed by atoms with Crippen molar-refractivity contribution < 1.29 is 28.7 Å². The summed E-state index contributed by atoms with van der Waals surface area (Å²) in [5.74, 6) is -1.88. The van der Waals surface area contributed by atoms with Crippen LogP contribution in [0.1, 0.15) is 0 Å². The molecule has 0 atom stereocenters. The highest BCUT2D eigenvalue weighted by atomic mass is 32.2. The average Bonchev–Trinajstić information content (AvgIpc) is 2.79. The van der Waals surface area contributed by atoms with Crippen LogP contribution >= 0.6 is 11.8 Å². The molecule has 0 aromatic carbocycles. The number of rotatable bonds is 7. The van der Waals surface area contributed by atoms with E-state index in [1.54, 1.807) is 0 Å². The van der Waals surface area contributed by atoms with Gasteiger partial charge in [-0.1, -0.05) is 11.8 Å². The number of amides is 4. The summed E-state index contributed by atoms with van der Waals surface area (Å²) in [6.07, 6.45) is -0.640. The molecule has 0 aliphatic carbocycles. The zero-order valence-corrected chi connectivity index (χ0v) is 12.5. The molecule has 1 rings (SSSR count). The second-order valence-electron chi connectivity index (χ2n) is 3.97. The smallest absolute Gasteiger partial charge is 0.309 e. The third-order valence-corrected chi connectivity index (χ3v) is 3.48. The van der Waals surface area contributed by atoms with Gasteiger partial charge in [-0.15, -0.1) is 0 Å². The van der Waals surface area contributed by atoms with Gasteiger partial charge in [0.2, 0.25) is 5.91 Å². The summed E-state index contributed by atoms with van der Waals surface area (Å²) in [6.45, 7) is 0.0870. The third-order valence-electron chi connectivity index (χ3n) is 2.62. The lowest BCUT2D eigenvalue weighted by Crippen LogP contribution is -2.45. The van der Waals surface area contributed by atoms with Crippen molar-refractivity contribution in [1.82, 2.24) is 15.5 Å².